The molecule has 150 valence electrons. The van der Waals surface area contributed by atoms with Crippen LogP contribution in [-0.4, -0.2) is 46.8 Å². The number of halogens is 3. The number of rotatable bonds is 4. The number of benzene rings is 1. The molecule has 1 unspecified atom stereocenters. The van der Waals surface area contributed by atoms with Gasteiger partial charge in [-0.3, -0.25) is 4.90 Å². The molecule has 1 amide bonds. The number of alkyl carbamates (subject to hydrolysis) is 1. The summed E-state index contributed by atoms with van der Waals surface area (Å²) in [6.45, 7) is 6.14. The highest BCUT2D eigenvalue weighted by Gasteiger charge is 2.35. The summed E-state index contributed by atoms with van der Waals surface area (Å²) < 4.78 is 45.0. The van der Waals surface area contributed by atoms with E-state index in [4.69, 9.17) is 9.84 Å². The van der Waals surface area contributed by atoms with Gasteiger partial charge in [0.05, 0.1) is 11.1 Å². The SMILES string of the molecule is CC(C)(C)OC(=O)NC1CCN(Cc2ccc(C(=O)O)cc2C(F)(F)F)C1. The third-order valence-electron chi connectivity index (χ3n) is 4.05. The Morgan fingerprint density at radius 1 is 1.30 bits per heavy atom. The summed E-state index contributed by atoms with van der Waals surface area (Å²) in [5, 5.41) is 11.6. The Morgan fingerprint density at radius 3 is 2.52 bits per heavy atom. The summed E-state index contributed by atoms with van der Waals surface area (Å²) >= 11 is 0. The van der Waals surface area contributed by atoms with Crippen LogP contribution in [0.1, 0.15) is 48.7 Å². The number of carbonyl (C=O) groups excluding carboxylic acids is 1. The van der Waals surface area contributed by atoms with Crippen LogP contribution < -0.4 is 5.32 Å². The van der Waals surface area contributed by atoms with Crippen molar-refractivity contribution in [1.82, 2.24) is 10.2 Å². The second kappa shape index (κ2) is 7.75. The molecule has 1 heterocycles. The van der Waals surface area contributed by atoms with Crippen LogP contribution in [0.15, 0.2) is 18.2 Å². The summed E-state index contributed by atoms with van der Waals surface area (Å²) in [5.74, 6) is -1.41. The predicted molar refractivity (Wildman–Crippen MR) is 91.5 cm³/mol. The Labute approximate surface area is 155 Å². The Kier molecular flexibility index (Phi) is 6.04. The van der Waals surface area contributed by atoms with Gasteiger partial charge in [0.2, 0.25) is 0 Å². The molecule has 2 N–H and O–H groups in total. The van der Waals surface area contributed by atoms with Gasteiger partial charge < -0.3 is 15.2 Å². The summed E-state index contributed by atoms with van der Waals surface area (Å²) in [6.07, 6.45) is -4.61. The summed E-state index contributed by atoms with van der Waals surface area (Å²) in [4.78, 5) is 24.5. The van der Waals surface area contributed by atoms with Gasteiger partial charge in [0.15, 0.2) is 0 Å². The number of nitrogens with one attached hydrogen (secondary N) is 1. The summed E-state index contributed by atoms with van der Waals surface area (Å²) in [6, 6.07) is 2.80. The predicted octanol–water partition coefficient (Wildman–Crippen LogP) is 3.50. The molecule has 1 saturated heterocycles. The van der Waals surface area contributed by atoms with Crippen molar-refractivity contribution in [3.05, 3.63) is 34.9 Å². The first-order valence-electron chi connectivity index (χ1n) is 8.50. The van der Waals surface area contributed by atoms with E-state index in [1.165, 1.54) is 12.1 Å². The highest BCUT2D eigenvalue weighted by Crippen LogP contribution is 2.33. The largest absolute Gasteiger partial charge is 0.478 e. The maximum Gasteiger partial charge on any atom is 0.416 e. The van der Waals surface area contributed by atoms with Crippen LogP contribution in [0, 0.1) is 0 Å². The van der Waals surface area contributed by atoms with Crippen molar-refractivity contribution in [3.8, 4) is 0 Å². The van der Waals surface area contributed by atoms with E-state index in [1.807, 2.05) is 0 Å². The fraction of sp³-hybridized carbons (Fsp3) is 0.556. The van der Waals surface area contributed by atoms with Crippen molar-refractivity contribution in [2.24, 2.45) is 0 Å². The first-order chi connectivity index (χ1) is 12.3. The topological polar surface area (TPSA) is 78.9 Å². The Morgan fingerprint density at radius 2 is 1.96 bits per heavy atom. The number of carboxylic acid groups (broad SMARTS) is 1. The molecular weight excluding hydrogens is 365 g/mol. The first kappa shape index (κ1) is 21.0. The van der Waals surface area contributed by atoms with Gasteiger partial charge in [-0.25, -0.2) is 9.59 Å². The number of carboxylic acids is 1. The average molecular weight is 388 g/mol. The molecule has 1 aliphatic rings. The van der Waals surface area contributed by atoms with Crippen molar-refractivity contribution in [2.75, 3.05) is 13.1 Å². The Hall–Kier alpha value is -2.29. The van der Waals surface area contributed by atoms with E-state index < -0.39 is 35.0 Å². The number of hydrogen-bond donors (Lipinski definition) is 2. The lowest BCUT2D eigenvalue weighted by Gasteiger charge is -2.22. The third-order valence-corrected chi connectivity index (χ3v) is 4.05. The van der Waals surface area contributed by atoms with E-state index in [1.54, 1.807) is 25.7 Å². The number of aromatic carboxylic acids is 1. The number of hydrogen-bond acceptors (Lipinski definition) is 4. The van der Waals surface area contributed by atoms with E-state index in [9.17, 15) is 22.8 Å². The summed E-state index contributed by atoms with van der Waals surface area (Å²) in [7, 11) is 0. The van der Waals surface area contributed by atoms with E-state index in [0.29, 0.717) is 25.6 Å². The molecule has 1 atom stereocenters. The molecule has 0 bridgehead atoms. The van der Waals surface area contributed by atoms with Crippen molar-refractivity contribution >= 4 is 12.1 Å². The van der Waals surface area contributed by atoms with Crippen LogP contribution in [0.3, 0.4) is 0 Å². The van der Waals surface area contributed by atoms with Gasteiger partial charge in [0.25, 0.3) is 0 Å². The molecule has 0 radical (unpaired) electrons. The summed E-state index contributed by atoms with van der Waals surface area (Å²) in [5.41, 5.74) is -1.98. The fourth-order valence-electron chi connectivity index (χ4n) is 2.92. The lowest BCUT2D eigenvalue weighted by molar-refractivity contribution is -0.138. The highest BCUT2D eigenvalue weighted by molar-refractivity contribution is 5.88. The van der Waals surface area contributed by atoms with Crippen molar-refractivity contribution in [2.45, 2.75) is 51.6 Å². The minimum atomic E-state index is -4.64. The number of nitrogens with zero attached hydrogens (tertiary/aromatic N) is 1. The maximum absolute atomic E-state index is 13.3. The van der Waals surface area contributed by atoms with Crippen LogP contribution in [-0.2, 0) is 17.5 Å². The molecule has 9 heteroatoms. The van der Waals surface area contributed by atoms with Gasteiger partial charge in [-0.2, -0.15) is 13.2 Å². The lowest BCUT2D eigenvalue weighted by Crippen LogP contribution is -2.40. The molecular formula is C18H23F3N2O4. The first-order valence-corrected chi connectivity index (χ1v) is 8.50. The molecule has 2 rings (SSSR count). The van der Waals surface area contributed by atoms with Crippen LogP contribution in [0.5, 0.6) is 0 Å². The maximum atomic E-state index is 13.3. The Bertz CT molecular complexity index is 714. The fourth-order valence-corrected chi connectivity index (χ4v) is 2.92. The highest BCUT2D eigenvalue weighted by atomic mass is 19.4. The number of ether oxygens (including phenoxy) is 1. The minimum Gasteiger partial charge on any atom is -0.478 e. The van der Waals surface area contributed by atoms with E-state index >= 15 is 0 Å². The van der Waals surface area contributed by atoms with E-state index in [-0.39, 0.29) is 18.2 Å². The quantitative estimate of drug-likeness (QED) is 0.825. The van der Waals surface area contributed by atoms with Crippen molar-refractivity contribution in [1.29, 1.82) is 0 Å². The number of carbonyl (C=O) groups is 2. The monoisotopic (exact) mass is 388 g/mol. The lowest BCUT2D eigenvalue weighted by atomic mass is 10.0. The van der Waals surface area contributed by atoms with Gasteiger partial charge in [0, 0.05) is 25.7 Å². The normalized spacial score (nSPS) is 18.4. The molecule has 6 nitrogen and oxygen atoms in total. The van der Waals surface area contributed by atoms with Gasteiger partial charge >= 0.3 is 18.2 Å². The standard InChI is InChI=1S/C18H23F3N2O4/c1-17(2,3)27-16(26)22-13-6-7-23(10-13)9-12-5-4-11(15(24)25)8-14(12)18(19,20)21/h4-5,8,13H,6-7,9-10H2,1-3H3,(H,22,26)(H,24,25). The zero-order valence-electron chi connectivity index (χ0n) is 15.4. The molecule has 1 aromatic carbocycles. The number of likely N-dealkylation sites (tertiary alicyclic amines) is 1. The average Bonchev–Trinajstić information content (AvgIpc) is 2.91. The second-order valence-electron chi connectivity index (χ2n) is 7.54. The molecule has 0 aliphatic carbocycles. The van der Waals surface area contributed by atoms with Gasteiger partial charge in [-0.15, -0.1) is 0 Å². The number of amides is 1. The van der Waals surface area contributed by atoms with Crippen LogP contribution in [0.2, 0.25) is 0 Å². The van der Waals surface area contributed by atoms with Crippen LogP contribution >= 0.6 is 0 Å². The molecule has 0 spiro atoms. The molecule has 0 aromatic heterocycles. The molecule has 27 heavy (non-hydrogen) atoms. The zero-order chi connectivity index (χ0) is 20.4. The zero-order valence-corrected chi connectivity index (χ0v) is 15.4. The van der Waals surface area contributed by atoms with Gasteiger partial charge in [-0.05, 0) is 44.9 Å². The molecule has 1 aliphatic heterocycles. The molecule has 1 aromatic rings. The van der Waals surface area contributed by atoms with Crippen molar-refractivity contribution in [3.63, 3.8) is 0 Å². The Balaban J connectivity index is 2.04. The van der Waals surface area contributed by atoms with Crippen LogP contribution in [0.25, 0.3) is 0 Å². The minimum absolute atomic E-state index is 0.00502. The third kappa shape index (κ3) is 6.13. The van der Waals surface area contributed by atoms with E-state index in [2.05, 4.69) is 5.32 Å². The van der Waals surface area contributed by atoms with Gasteiger partial charge in [0.1, 0.15) is 5.60 Å². The second-order valence-corrected chi connectivity index (χ2v) is 7.54. The molecule has 0 saturated carbocycles. The smallest absolute Gasteiger partial charge is 0.416 e. The number of alkyl halides is 3. The van der Waals surface area contributed by atoms with Crippen LogP contribution in [0.4, 0.5) is 18.0 Å². The molecule has 1 fully saturated rings. The van der Waals surface area contributed by atoms with Crippen molar-refractivity contribution < 1.29 is 32.6 Å². The van der Waals surface area contributed by atoms with Gasteiger partial charge in [-0.1, -0.05) is 6.07 Å². The van der Waals surface area contributed by atoms with E-state index in [0.717, 1.165) is 0 Å².